The van der Waals surface area contributed by atoms with E-state index in [9.17, 15) is 20.0 Å². The van der Waals surface area contributed by atoms with Crippen LogP contribution in [0.5, 0.6) is 11.5 Å². The summed E-state index contributed by atoms with van der Waals surface area (Å²) in [4.78, 5) is 27.8. The number of carboxylic acid groups (broad SMARTS) is 1. The molecule has 13 heteroatoms. The normalized spacial score (nSPS) is 14.4. The monoisotopic (exact) mass is 554 g/mol. The van der Waals surface area contributed by atoms with Gasteiger partial charge in [-0.2, -0.15) is 0 Å². The summed E-state index contributed by atoms with van der Waals surface area (Å²) in [5.41, 5.74) is 1.57. The molecule has 1 aromatic heterocycles. The van der Waals surface area contributed by atoms with E-state index in [-0.39, 0.29) is 10.6 Å². The number of aromatic nitrogens is 3. The van der Waals surface area contributed by atoms with Crippen molar-refractivity contribution >= 4 is 35.2 Å². The van der Waals surface area contributed by atoms with Crippen molar-refractivity contribution in [2.45, 2.75) is 18.6 Å². The van der Waals surface area contributed by atoms with Crippen LogP contribution in [0, 0.1) is 10.1 Å². The van der Waals surface area contributed by atoms with E-state index in [0.717, 1.165) is 24.9 Å². The van der Waals surface area contributed by atoms with Gasteiger partial charge in [-0.1, -0.05) is 6.07 Å². The van der Waals surface area contributed by atoms with Gasteiger partial charge < -0.3 is 28.9 Å². The predicted molar refractivity (Wildman–Crippen MR) is 149 cm³/mol. The first kappa shape index (κ1) is 27.9. The van der Waals surface area contributed by atoms with Crippen LogP contribution in [-0.2, 0) is 11.3 Å². The van der Waals surface area contributed by atoms with Gasteiger partial charge in [0.05, 0.1) is 19.1 Å². The number of hydrogen-bond donors (Lipinski definition) is 1. The Kier molecular flexibility index (Phi) is 8.72. The van der Waals surface area contributed by atoms with Gasteiger partial charge in [0.25, 0.3) is 5.69 Å². The number of rotatable bonds is 10. The molecule has 1 aliphatic heterocycles. The summed E-state index contributed by atoms with van der Waals surface area (Å²) < 4.78 is 12.5. The average Bonchev–Trinajstić information content (AvgIpc) is 3.35. The van der Waals surface area contributed by atoms with Crippen LogP contribution in [0.25, 0.3) is 17.5 Å². The maximum absolute atomic E-state index is 12.2. The molecule has 0 aliphatic carbocycles. The fourth-order valence-corrected chi connectivity index (χ4v) is 5.16. The van der Waals surface area contributed by atoms with Crippen LogP contribution in [0.1, 0.15) is 12.5 Å². The molecule has 2 heterocycles. The lowest BCUT2D eigenvalue weighted by molar-refractivity contribution is -0.384. The fourth-order valence-electron chi connectivity index (χ4n) is 4.28. The molecule has 12 nitrogen and oxygen atoms in total. The van der Waals surface area contributed by atoms with E-state index >= 15 is 0 Å². The Morgan fingerprint density at radius 1 is 1.10 bits per heavy atom. The third kappa shape index (κ3) is 6.32. The second kappa shape index (κ2) is 12.2. The van der Waals surface area contributed by atoms with Gasteiger partial charge in [-0.25, -0.2) is 4.79 Å². The van der Waals surface area contributed by atoms with E-state index in [1.165, 1.54) is 12.1 Å². The van der Waals surface area contributed by atoms with E-state index in [4.69, 9.17) is 9.47 Å². The van der Waals surface area contributed by atoms with Crippen molar-refractivity contribution in [2.24, 2.45) is 0 Å². The summed E-state index contributed by atoms with van der Waals surface area (Å²) in [7, 11) is 5.12. The number of likely N-dealkylation sites (N-methyl/N-ethyl adjacent to an activating group) is 1. The van der Waals surface area contributed by atoms with Crippen LogP contribution in [0.15, 0.2) is 46.5 Å². The van der Waals surface area contributed by atoms with Crippen molar-refractivity contribution in [1.82, 2.24) is 19.7 Å². The Hall–Kier alpha value is -4.10. The van der Waals surface area contributed by atoms with E-state index in [1.807, 2.05) is 18.9 Å². The van der Waals surface area contributed by atoms with Crippen molar-refractivity contribution in [1.29, 1.82) is 0 Å². The number of carbonyl (C=O) groups is 1. The highest BCUT2D eigenvalue weighted by Gasteiger charge is 2.24. The maximum Gasteiger partial charge on any atom is 0.342 e. The van der Waals surface area contributed by atoms with Gasteiger partial charge in [0, 0.05) is 50.4 Å². The number of nitro groups is 1. The van der Waals surface area contributed by atoms with Crippen LogP contribution < -0.4 is 14.4 Å². The van der Waals surface area contributed by atoms with Crippen LogP contribution >= 0.6 is 11.8 Å². The Bertz CT molecular complexity index is 1380. The molecule has 0 atom stereocenters. The summed E-state index contributed by atoms with van der Waals surface area (Å²) in [6, 6.07) is 10.1. The molecule has 1 fully saturated rings. The minimum Gasteiger partial charge on any atom is -0.497 e. The first-order valence-corrected chi connectivity index (χ1v) is 13.1. The molecule has 0 spiro atoms. The molecule has 1 N–H and O–H groups in total. The highest BCUT2D eigenvalue weighted by atomic mass is 32.2. The minimum absolute atomic E-state index is 0.0477. The molecular weight excluding hydrogens is 524 g/mol. The van der Waals surface area contributed by atoms with Crippen LogP contribution in [-0.4, -0.2) is 83.1 Å². The average molecular weight is 555 g/mol. The summed E-state index contributed by atoms with van der Waals surface area (Å²) in [6.45, 7) is 5.34. The van der Waals surface area contributed by atoms with Crippen LogP contribution in [0.3, 0.4) is 0 Å². The lowest BCUT2D eigenvalue weighted by Gasteiger charge is -2.33. The summed E-state index contributed by atoms with van der Waals surface area (Å²) >= 11 is 0.928. The molecule has 3 aromatic rings. The Labute approximate surface area is 230 Å². The maximum atomic E-state index is 12.2. The number of piperazine rings is 1. The van der Waals surface area contributed by atoms with Gasteiger partial charge in [-0.15, -0.1) is 10.2 Å². The molecule has 206 valence electrons. The zero-order chi connectivity index (χ0) is 28.1. The summed E-state index contributed by atoms with van der Waals surface area (Å²) in [5, 5.41) is 30.7. The standard InChI is InChI=1S/C26H30N6O6S/c1-5-31-24(18-14-19(37-3)16-20(15-18)38-4)27-28-26(31)39-23(25(33)34)13-17-6-7-21(22(12-17)32(35)36)30-10-8-29(2)9-11-30/h6-7,12-16H,5,8-11H2,1-4H3,(H,33,34)/b23-13+. The quantitative estimate of drug-likeness (QED) is 0.169. The first-order chi connectivity index (χ1) is 18.7. The highest BCUT2D eigenvalue weighted by molar-refractivity contribution is 8.04. The third-order valence-electron chi connectivity index (χ3n) is 6.39. The molecule has 39 heavy (non-hydrogen) atoms. The smallest absolute Gasteiger partial charge is 0.342 e. The number of hydrogen-bond acceptors (Lipinski definition) is 10. The molecule has 4 rings (SSSR count). The van der Waals surface area contributed by atoms with Crippen molar-refractivity contribution in [3.63, 3.8) is 0 Å². The number of ether oxygens (including phenoxy) is 2. The lowest BCUT2D eigenvalue weighted by Crippen LogP contribution is -2.44. The first-order valence-electron chi connectivity index (χ1n) is 12.3. The third-order valence-corrected chi connectivity index (χ3v) is 7.39. The highest BCUT2D eigenvalue weighted by Crippen LogP contribution is 2.35. The van der Waals surface area contributed by atoms with Crippen molar-refractivity contribution in [3.05, 3.63) is 57.0 Å². The van der Waals surface area contributed by atoms with Gasteiger partial charge in [0.1, 0.15) is 22.1 Å². The Morgan fingerprint density at radius 2 is 1.77 bits per heavy atom. The number of anilines is 1. The van der Waals surface area contributed by atoms with Gasteiger partial charge >= 0.3 is 5.97 Å². The van der Waals surface area contributed by atoms with E-state index in [0.29, 0.717) is 58.9 Å². The van der Waals surface area contributed by atoms with E-state index in [2.05, 4.69) is 15.1 Å². The molecule has 1 aliphatic rings. The van der Waals surface area contributed by atoms with Crippen molar-refractivity contribution < 1.29 is 24.3 Å². The number of methoxy groups -OCH3 is 2. The van der Waals surface area contributed by atoms with Crippen molar-refractivity contribution in [2.75, 3.05) is 52.3 Å². The molecule has 0 amide bonds. The number of nitrogens with zero attached hydrogens (tertiary/aromatic N) is 6. The molecule has 0 radical (unpaired) electrons. The second-order valence-corrected chi connectivity index (χ2v) is 9.87. The minimum atomic E-state index is -1.18. The van der Waals surface area contributed by atoms with E-state index in [1.54, 1.807) is 49.1 Å². The number of aliphatic carboxylic acids is 1. The number of nitro benzene ring substituents is 1. The van der Waals surface area contributed by atoms with Crippen LogP contribution in [0.2, 0.25) is 0 Å². The Balaban J connectivity index is 1.66. The molecular formula is C26H30N6O6S. The molecule has 1 saturated heterocycles. The lowest BCUT2D eigenvalue weighted by atomic mass is 10.1. The zero-order valence-corrected chi connectivity index (χ0v) is 23.0. The van der Waals surface area contributed by atoms with Gasteiger partial charge in [-0.3, -0.25) is 10.1 Å². The Morgan fingerprint density at radius 3 is 2.33 bits per heavy atom. The number of thioether (sulfide) groups is 1. The van der Waals surface area contributed by atoms with E-state index < -0.39 is 10.9 Å². The van der Waals surface area contributed by atoms with Crippen molar-refractivity contribution in [3.8, 4) is 22.9 Å². The largest absolute Gasteiger partial charge is 0.497 e. The summed E-state index contributed by atoms with van der Waals surface area (Å²) in [6.07, 6.45) is 1.41. The molecule has 0 bridgehead atoms. The van der Waals surface area contributed by atoms with Gasteiger partial charge in [0.2, 0.25) is 0 Å². The van der Waals surface area contributed by atoms with Crippen LogP contribution in [0.4, 0.5) is 11.4 Å². The fraction of sp³-hybridized carbons (Fsp3) is 0.346. The molecule has 2 aromatic carbocycles. The zero-order valence-electron chi connectivity index (χ0n) is 22.2. The molecule has 0 unspecified atom stereocenters. The number of benzene rings is 2. The predicted octanol–water partition coefficient (Wildman–Crippen LogP) is 3.86. The number of carboxylic acids is 1. The van der Waals surface area contributed by atoms with Gasteiger partial charge in [-0.05, 0) is 55.6 Å². The summed E-state index contributed by atoms with van der Waals surface area (Å²) in [5.74, 6) is 0.504. The molecule has 0 saturated carbocycles. The topological polar surface area (TPSA) is 136 Å². The van der Waals surface area contributed by atoms with Gasteiger partial charge in [0.15, 0.2) is 11.0 Å². The SMILES string of the molecule is CCn1c(S/C(=C/c2ccc(N3CCN(C)CC3)c([N+](=O)[O-])c2)C(=O)O)nnc1-c1cc(OC)cc(OC)c1. The second-order valence-electron chi connectivity index (χ2n) is 8.86.